The van der Waals surface area contributed by atoms with Crippen molar-refractivity contribution in [3.63, 3.8) is 0 Å². The maximum absolute atomic E-state index is 13.3. The van der Waals surface area contributed by atoms with E-state index < -0.39 is 17.5 Å². The molecule has 0 bridgehead atoms. The van der Waals surface area contributed by atoms with Gasteiger partial charge < -0.3 is 9.64 Å². The van der Waals surface area contributed by atoms with Crippen LogP contribution in [0.25, 0.3) is 5.69 Å². The van der Waals surface area contributed by atoms with E-state index in [9.17, 15) is 14.0 Å². The number of nitrogens with zero attached hydrogens (tertiary/aromatic N) is 5. The summed E-state index contributed by atoms with van der Waals surface area (Å²) in [4.78, 5) is 26.2. The molecule has 0 aliphatic carbocycles. The van der Waals surface area contributed by atoms with Gasteiger partial charge in [0.25, 0.3) is 0 Å². The summed E-state index contributed by atoms with van der Waals surface area (Å²) in [5.74, 6) is -0.515. The van der Waals surface area contributed by atoms with Crippen LogP contribution in [0, 0.1) is 5.82 Å². The summed E-state index contributed by atoms with van der Waals surface area (Å²) >= 11 is 0. The fourth-order valence-corrected chi connectivity index (χ4v) is 2.02. The monoisotopic (exact) mass is 323 g/mol. The molecule has 0 aliphatic rings. The van der Waals surface area contributed by atoms with Gasteiger partial charge in [-0.25, -0.2) is 14.0 Å². The highest BCUT2D eigenvalue weighted by atomic mass is 19.1. The second-order valence-corrected chi connectivity index (χ2v) is 5.13. The fraction of sp³-hybridized carbons (Fsp3) is 0.429. The summed E-state index contributed by atoms with van der Waals surface area (Å²) in [7, 11) is 1.52. The third kappa shape index (κ3) is 3.62. The topological polar surface area (TPSA) is 82.2 Å². The van der Waals surface area contributed by atoms with Crippen molar-refractivity contribution in [2.45, 2.75) is 19.9 Å². The second-order valence-electron chi connectivity index (χ2n) is 5.13. The lowest BCUT2D eigenvalue weighted by Gasteiger charge is -2.25. The van der Waals surface area contributed by atoms with Gasteiger partial charge in [0.15, 0.2) is 0 Å². The molecular formula is C14H18FN5O3. The number of carbonyl (C=O) groups is 1. The third-order valence-electron chi connectivity index (χ3n) is 3.22. The molecule has 2 rings (SSSR count). The molecule has 2 aromatic rings. The third-order valence-corrected chi connectivity index (χ3v) is 3.22. The summed E-state index contributed by atoms with van der Waals surface area (Å²) in [6.45, 7) is 4.27. The lowest BCUT2D eigenvalue weighted by molar-refractivity contribution is 0.135. The maximum Gasteiger partial charge on any atom is 0.377 e. The van der Waals surface area contributed by atoms with Crippen LogP contribution >= 0.6 is 0 Å². The van der Waals surface area contributed by atoms with Gasteiger partial charge >= 0.3 is 11.7 Å². The Morgan fingerprint density at radius 3 is 2.74 bits per heavy atom. The van der Waals surface area contributed by atoms with Gasteiger partial charge in [-0.1, -0.05) is 6.07 Å². The van der Waals surface area contributed by atoms with Crippen LogP contribution in [0.2, 0.25) is 0 Å². The minimum Gasteiger partial charge on any atom is -0.383 e. The molecule has 23 heavy (non-hydrogen) atoms. The van der Waals surface area contributed by atoms with Gasteiger partial charge in [-0.2, -0.15) is 4.68 Å². The smallest absolute Gasteiger partial charge is 0.377 e. The highest BCUT2D eigenvalue weighted by Gasteiger charge is 2.23. The molecule has 0 atom stereocenters. The zero-order valence-corrected chi connectivity index (χ0v) is 13.1. The Labute approximate surface area is 132 Å². The van der Waals surface area contributed by atoms with Crippen molar-refractivity contribution in [3.05, 3.63) is 40.6 Å². The number of aromatic nitrogens is 4. The SMILES string of the molecule is COCCN(C(=O)n1nnn(-c2cccc(F)c2)c1=O)C(C)C. The Morgan fingerprint density at radius 2 is 2.13 bits per heavy atom. The van der Waals surface area contributed by atoms with Crippen LogP contribution < -0.4 is 5.69 Å². The first-order valence-corrected chi connectivity index (χ1v) is 7.06. The van der Waals surface area contributed by atoms with Gasteiger partial charge in [0.2, 0.25) is 0 Å². The molecule has 1 amide bonds. The van der Waals surface area contributed by atoms with Crippen molar-refractivity contribution in [1.29, 1.82) is 0 Å². The highest BCUT2D eigenvalue weighted by molar-refractivity contribution is 5.75. The van der Waals surface area contributed by atoms with Gasteiger partial charge in [-0.05, 0) is 42.5 Å². The minimum atomic E-state index is -0.760. The number of hydrogen-bond donors (Lipinski definition) is 0. The number of amides is 1. The van der Waals surface area contributed by atoms with E-state index in [0.29, 0.717) is 17.8 Å². The quantitative estimate of drug-likeness (QED) is 0.763. The van der Waals surface area contributed by atoms with E-state index >= 15 is 0 Å². The summed E-state index contributed by atoms with van der Waals surface area (Å²) < 4.78 is 19.8. The Balaban J connectivity index is 2.34. The van der Waals surface area contributed by atoms with E-state index in [2.05, 4.69) is 10.4 Å². The van der Waals surface area contributed by atoms with Crippen molar-refractivity contribution >= 4 is 6.03 Å². The standard InChI is InChI=1S/C14H18FN5O3/c1-10(2)18(7-8-23-3)13(21)20-14(22)19(16-17-20)12-6-4-5-11(15)9-12/h4-6,9-10H,7-8H2,1-3H3. The largest absolute Gasteiger partial charge is 0.383 e. The van der Waals surface area contributed by atoms with Gasteiger partial charge in [0.1, 0.15) is 5.82 Å². The molecule has 0 saturated carbocycles. The Bertz CT molecular complexity index is 740. The number of hydrogen-bond acceptors (Lipinski definition) is 5. The molecule has 0 N–H and O–H groups in total. The predicted octanol–water partition coefficient (Wildman–Crippen LogP) is 0.893. The van der Waals surface area contributed by atoms with Crippen molar-refractivity contribution < 1.29 is 13.9 Å². The van der Waals surface area contributed by atoms with E-state index in [-0.39, 0.29) is 11.7 Å². The summed E-state index contributed by atoms with van der Waals surface area (Å²) in [5.41, 5.74) is -0.564. The number of rotatable bonds is 5. The van der Waals surface area contributed by atoms with Crippen LogP contribution in [0.4, 0.5) is 9.18 Å². The lowest BCUT2D eigenvalue weighted by Crippen LogP contribution is -2.45. The zero-order chi connectivity index (χ0) is 17.0. The van der Waals surface area contributed by atoms with Crippen LogP contribution in [-0.4, -0.2) is 57.0 Å². The fourth-order valence-electron chi connectivity index (χ4n) is 2.02. The van der Waals surface area contributed by atoms with Gasteiger partial charge in [0, 0.05) is 19.7 Å². The Kier molecular flexibility index (Phi) is 5.22. The second kappa shape index (κ2) is 7.14. The van der Waals surface area contributed by atoms with E-state index in [1.807, 2.05) is 13.8 Å². The van der Waals surface area contributed by atoms with E-state index in [1.54, 1.807) is 0 Å². The van der Waals surface area contributed by atoms with E-state index in [0.717, 1.165) is 10.7 Å². The normalized spacial score (nSPS) is 11.0. The van der Waals surface area contributed by atoms with Crippen LogP contribution in [0.15, 0.2) is 29.1 Å². The Morgan fingerprint density at radius 1 is 1.39 bits per heavy atom. The van der Waals surface area contributed by atoms with Crippen LogP contribution in [0.3, 0.4) is 0 Å². The van der Waals surface area contributed by atoms with Gasteiger partial charge in [0.05, 0.1) is 12.3 Å². The molecule has 1 aromatic heterocycles. The maximum atomic E-state index is 13.3. The number of ether oxygens (including phenoxy) is 1. The molecule has 0 unspecified atom stereocenters. The molecule has 9 heteroatoms. The van der Waals surface area contributed by atoms with Crippen molar-refractivity contribution in [2.75, 3.05) is 20.3 Å². The van der Waals surface area contributed by atoms with E-state index in [1.165, 1.54) is 30.2 Å². The van der Waals surface area contributed by atoms with Crippen LogP contribution in [0.5, 0.6) is 0 Å². The first kappa shape index (κ1) is 16.8. The zero-order valence-electron chi connectivity index (χ0n) is 13.1. The average molecular weight is 323 g/mol. The molecular weight excluding hydrogens is 305 g/mol. The number of tetrazole rings is 1. The predicted molar refractivity (Wildman–Crippen MR) is 80.1 cm³/mol. The van der Waals surface area contributed by atoms with Crippen molar-refractivity contribution in [2.24, 2.45) is 0 Å². The Hall–Kier alpha value is -2.55. The first-order valence-electron chi connectivity index (χ1n) is 7.06. The summed E-state index contributed by atoms with van der Waals surface area (Å²) in [5, 5.41) is 7.24. The molecule has 124 valence electrons. The molecule has 1 aromatic carbocycles. The minimum absolute atomic E-state index is 0.149. The molecule has 0 radical (unpaired) electrons. The number of benzene rings is 1. The van der Waals surface area contributed by atoms with Gasteiger partial charge in [-0.3, -0.25) is 0 Å². The number of halogens is 1. The number of carbonyl (C=O) groups excluding carboxylic acids is 1. The molecule has 8 nitrogen and oxygen atoms in total. The van der Waals surface area contributed by atoms with Gasteiger partial charge in [-0.15, -0.1) is 4.68 Å². The molecule has 0 saturated heterocycles. The van der Waals surface area contributed by atoms with E-state index in [4.69, 9.17) is 4.74 Å². The molecule has 1 heterocycles. The summed E-state index contributed by atoms with van der Waals surface area (Å²) in [6, 6.07) is 4.56. The van der Waals surface area contributed by atoms with Crippen molar-refractivity contribution in [3.8, 4) is 5.69 Å². The lowest BCUT2D eigenvalue weighted by atomic mass is 10.3. The molecule has 0 spiro atoms. The van der Waals surface area contributed by atoms with Crippen LogP contribution in [0.1, 0.15) is 13.8 Å². The molecule has 0 fully saturated rings. The number of methoxy groups -OCH3 is 1. The summed E-state index contributed by atoms with van der Waals surface area (Å²) in [6.07, 6.45) is 0. The highest BCUT2D eigenvalue weighted by Crippen LogP contribution is 2.06. The molecule has 0 aliphatic heterocycles. The van der Waals surface area contributed by atoms with Crippen molar-refractivity contribution in [1.82, 2.24) is 24.7 Å². The average Bonchev–Trinajstić information content (AvgIpc) is 2.88. The van der Waals surface area contributed by atoms with Crippen LogP contribution in [-0.2, 0) is 4.74 Å². The first-order chi connectivity index (χ1) is 11.0.